The van der Waals surface area contributed by atoms with E-state index in [2.05, 4.69) is 5.32 Å². The molecule has 3 aromatic rings. The van der Waals surface area contributed by atoms with Crippen molar-refractivity contribution >= 4 is 16.5 Å². The summed E-state index contributed by atoms with van der Waals surface area (Å²) in [7, 11) is 0. The summed E-state index contributed by atoms with van der Waals surface area (Å²) in [4.78, 5) is 0. The van der Waals surface area contributed by atoms with Crippen molar-refractivity contribution in [3.05, 3.63) is 48.0 Å². The largest absolute Gasteiger partial charge is 0.494 e. The molecule has 1 aromatic heterocycles. The third-order valence-corrected chi connectivity index (χ3v) is 4.13. The van der Waals surface area contributed by atoms with Gasteiger partial charge in [-0.25, -0.2) is 4.57 Å². The van der Waals surface area contributed by atoms with Crippen molar-refractivity contribution in [1.29, 1.82) is 0 Å². The number of anilines is 1. The topological polar surface area (TPSA) is 57.4 Å². The van der Waals surface area contributed by atoms with Crippen LogP contribution in [0.2, 0.25) is 0 Å². The summed E-state index contributed by atoms with van der Waals surface area (Å²) in [6, 6.07) is 13.8. The van der Waals surface area contributed by atoms with Crippen molar-refractivity contribution in [1.82, 2.24) is 4.57 Å². The summed E-state index contributed by atoms with van der Waals surface area (Å²) in [5.74, 6) is 0.213. The fourth-order valence-corrected chi connectivity index (χ4v) is 3.13. The molecule has 2 heterocycles. The fraction of sp³-hybridized carbons (Fsp3) is 0.176. The van der Waals surface area contributed by atoms with Crippen LogP contribution in [-0.2, 0) is 6.42 Å². The predicted molar refractivity (Wildman–Crippen MR) is 83.4 cm³/mol. The molecule has 0 amide bonds. The van der Waals surface area contributed by atoms with Crippen LogP contribution in [0.25, 0.3) is 16.5 Å². The lowest BCUT2D eigenvalue weighted by molar-refractivity contribution is 0.402. The van der Waals surface area contributed by atoms with Gasteiger partial charge in [0.25, 0.3) is 0 Å². The van der Waals surface area contributed by atoms with Crippen molar-refractivity contribution in [2.75, 3.05) is 11.9 Å². The van der Waals surface area contributed by atoms with Crippen molar-refractivity contribution in [2.45, 2.75) is 12.8 Å². The molecule has 0 spiro atoms. The highest BCUT2D eigenvalue weighted by molar-refractivity contribution is 5.91. The van der Waals surface area contributed by atoms with E-state index in [1.54, 1.807) is 0 Å². The Bertz CT molecular complexity index is 801. The Morgan fingerprint density at radius 1 is 0.952 bits per heavy atom. The van der Waals surface area contributed by atoms with Crippen LogP contribution in [0.1, 0.15) is 12.0 Å². The Labute approximate surface area is 122 Å². The molecular weight excluding hydrogens is 264 g/mol. The average Bonchev–Trinajstić information content (AvgIpc) is 2.79. The van der Waals surface area contributed by atoms with Gasteiger partial charge in [-0.15, -0.1) is 0 Å². The summed E-state index contributed by atoms with van der Waals surface area (Å²) >= 11 is 0. The average molecular weight is 280 g/mol. The van der Waals surface area contributed by atoms with E-state index in [1.807, 2.05) is 42.5 Å². The molecule has 106 valence electrons. The van der Waals surface area contributed by atoms with Gasteiger partial charge in [-0.3, -0.25) is 0 Å². The molecule has 2 aromatic carbocycles. The summed E-state index contributed by atoms with van der Waals surface area (Å²) in [6.45, 7) is 0.819. The molecule has 0 saturated carbocycles. The second kappa shape index (κ2) is 4.45. The predicted octanol–water partition coefficient (Wildman–Crippen LogP) is 3.40. The molecule has 0 saturated heterocycles. The number of benzene rings is 2. The van der Waals surface area contributed by atoms with Gasteiger partial charge in [0.15, 0.2) is 0 Å². The van der Waals surface area contributed by atoms with Crippen LogP contribution in [-0.4, -0.2) is 21.3 Å². The van der Waals surface area contributed by atoms with Crippen LogP contribution in [0.4, 0.5) is 5.69 Å². The minimum absolute atomic E-state index is 0.0820. The van der Waals surface area contributed by atoms with Crippen molar-refractivity contribution < 1.29 is 10.2 Å². The summed E-state index contributed by atoms with van der Waals surface area (Å²) in [5.41, 5.74) is 2.25. The first kappa shape index (κ1) is 12.1. The molecule has 4 rings (SSSR count). The first-order valence-electron chi connectivity index (χ1n) is 7.15. The van der Waals surface area contributed by atoms with E-state index in [1.165, 1.54) is 4.57 Å². The summed E-state index contributed by atoms with van der Waals surface area (Å²) < 4.78 is 1.53. The van der Waals surface area contributed by atoms with E-state index in [9.17, 15) is 10.2 Å². The lowest BCUT2D eigenvalue weighted by Gasteiger charge is -2.12. The van der Waals surface area contributed by atoms with E-state index in [0.29, 0.717) is 5.69 Å². The maximum atomic E-state index is 10.5. The van der Waals surface area contributed by atoms with Gasteiger partial charge in [0.05, 0.1) is 5.69 Å². The summed E-state index contributed by atoms with van der Waals surface area (Å²) in [5, 5.41) is 26.3. The third kappa shape index (κ3) is 1.69. The van der Waals surface area contributed by atoms with E-state index in [4.69, 9.17) is 0 Å². The van der Waals surface area contributed by atoms with Crippen molar-refractivity contribution in [2.24, 2.45) is 0 Å². The van der Waals surface area contributed by atoms with Gasteiger partial charge in [0.2, 0.25) is 11.8 Å². The molecule has 1 aliphatic rings. The number of nitrogens with zero attached hydrogens (tertiary/aromatic N) is 1. The second-order valence-electron chi connectivity index (χ2n) is 5.36. The smallest absolute Gasteiger partial charge is 0.223 e. The molecule has 0 unspecified atom stereocenters. The van der Waals surface area contributed by atoms with Crippen LogP contribution in [0.3, 0.4) is 0 Å². The van der Waals surface area contributed by atoms with Gasteiger partial charge in [-0.05, 0) is 24.3 Å². The zero-order valence-corrected chi connectivity index (χ0v) is 11.5. The number of nitrogens with one attached hydrogen (secondary N) is 1. The van der Waals surface area contributed by atoms with Crippen LogP contribution < -0.4 is 5.32 Å². The molecule has 0 atom stereocenters. The Morgan fingerprint density at radius 2 is 1.76 bits per heavy atom. The molecule has 1 aliphatic heterocycles. The molecule has 0 fully saturated rings. The van der Waals surface area contributed by atoms with E-state index < -0.39 is 0 Å². The second-order valence-corrected chi connectivity index (χ2v) is 5.36. The Balaban J connectivity index is 2.04. The Kier molecular flexibility index (Phi) is 2.57. The number of fused-ring (bicyclic) bond motifs is 2. The van der Waals surface area contributed by atoms with Crippen molar-refractivity contribution in [3.63, 3.8) is 0 Å². The number of hydrogen-bond donors (Lipinski definition) is 3. The van der Waals surface area contributed by atoms with Gasteiger partial charge in [0, 0.05) is 17.5 Å². The van der Waals surface area contributed by atoms with E-state index >= 15 is 0 Å². The van der Waals surface area contributed by atoms with Gasteiger partial charge in [-0.1, -0.05) is 36.4 Å². The van der Waals surface area contributed by atoms with Crippen LogP contribution in [0, 0.1) is 0 Å². The fourth-order valence-electron chi connectivity index (χ4n) is 3.13. The summed E-state index contributed by atoms with van der Waals surface area (Å²) in [6.07, 6.45) is 1.74. The standard InChI is InChI=1S/C17H16N2O2/c20-16-13-8-4-10-18-15(13)17(21)19(16)14-9-3-6-11-5-1-2-7-12(11)14/h1-3,5-7,9,18,20-21H,4,8,10H2. The molecule has 3 N–H and O–H groups in total. The maximum absolute atomic E-state index is 10.5. The molecular formula is C17H16N2O2. The SMILES string of the molecule is Oc1c2c(c(O)n1-c1cccc3ccccc13)NCCC2. The zero-order valence-electron chi connectivity index (χ0n) is 11.5. The molecule has 0 bridgehead atoms. The van der Waals surface area contributed by atoms with E-state index in [-0.39, 0.29) is 11.8 Å². The highest BCUT2D eigenvalue weighted by Gasteiger charge is 2.25. The van der Waals surface area contributed by atoms with E-state index in [0.717, 1.165) is 41.4 Å². The number of rotatable bonds is 1. The quantitative estimate of drug-likeness (QED) is 0.640. The minimum Gasteiger partial charge on any atom is -0.494 e. The van der Waals surface area contributed by atoms with Gasteiger partial charge >= 0.3 is 0 Å². The lowest BCUT2D eigenvalue weighted by atomic mass is 10.1. The van der Waals surface area contributed by atoms with Gasteiger partial charge in [-0.2, -0.15) is 0 Å². The van der Waals surface area contributed by atoms with Crippen LogP contribution >= 0.6 is 0 Å². The monoisotopic (exact) mass is 280 g/mol. The van der Waals surface area contributed by atoms with Gasteiger partial charge < -0.3 is 15.5 Å². The molecule has 0 aliphatic carbocycles. The highest BCUT2D eigenvalue weighted by atomic mass is 16.3. The first-order valence-corrected chi connectivity index (χ1v) is 7.15. The number of hydrogen-bond acceptors (Lipinski definition) is 3. The van der Waals surface area contributed by atoms with Crippen LogP contribution in [0.5, 0.6) is 11.8 Å². The van der Waals surface area contributed by atoms with Gasteiger partial charge in [0.1, 0.15) is 5.69 Å². The van der Waals surface area contributed by atoms with Crippen molar-refractivity contribution in [3.8, 4) is 17.4 Å². The Hall–Kier alpha value is -2.62. The maximum Gasteiger partial charge on any atom is 0.223 e. The number of aromatic hydroxyl groups is 2. The molecule has 21 heavy (non-hydrogen) atoms. The molecule has 0 radical (unpaired) electrons. The normalized spacial score (nSPS) is 13.9. The molecule has 4 nitrogen and oxygen atoms in total. The molecule has 4 heteroatoms. The lowest BCUT2D eigenvalue weighted by Crippen LogP contribution is -2.09. The highest BCUT2D eigenvalue weighted by Crippen LogP contribution is 2.44. The zero-order chi connectivity index (χ0) is 14.4. The third-order valence-electron chi connectivity index (χ3n) is 4.13. The first-order chi connectivity index (χ1) is 10.3. The number of aromatic nitrogens is 1. The Morgan fingerprint density at radius 3 is 2.62 bits per heavy atom. The van der Waals surface area contributed by atoms with Crippen LogP contribution in [0.15, 0.2) is 42.5 Å². The minimum atomic E-state index is 0.0820.